The predicted octanol–water partition coefficient (Wildman–Crippen LogP) is 4.70. The van der Waals surface area contributed by atoms with Crippen LogP contribution in [0.1, 0.15) is 39.9 Å². The number of aromatic carboxylic acids is 1. The highest BCUT2D eigenvalue weighted by atomic mass is 35.5. The molecule has 0 bridgehead atoms. The molecule has 2 rings (SSSR count). The Hall–Kier alpha value is -2.05. The van der Waals surface area contributed by atoms with Crippen LogP contribution in [0.25, 0.3) is 0 Å². The standard InChI is InChI=1S/C20H25ClN2O3S/c1-2-22-20(26)23(12-4-7-15-6-3-8-16(21)14-15)13-5-9-17-10-11-18(27-17)19(24)25/h3,6,8,10-11,14H,2,4-5,7,9,12-13H2,1H3,(H,22,26)(H,24,25). The average molecular weight is 409 g/mol. The largest absolute Gasteiger partial charge is 0.477 e. The number of carboxylic acids is 1. The monoisotopic (exact) mass is 408 g/mol. The van der Waals surface area contributed by atoms with E-state index in [0.29, 0.717) is 24.5 Å². The second-order valence-corrected chi connectivity index (χ2v) is 7.84. The molecule has 0 unspecified atom stereocenters. The maximum atomic E-state index is 12.3. The minimum absolute atomic E-state index is 0.0546. The van der Waals surface area contributed by atoms with E-state index < -0.39 is 5.97 Å². The minimum Gasteiger partial charge on any atom is -0.477 e. The molecule has 146 valence electrons. The number of carboxylic acid groups (broad SMARTS) is 1. The van der Waals surface area contributed by atoms with Gasteiger partial charge in [0.15, 0.2) is 0 Å². The maximum absolute atomic E-state index is 12.3. The number of hydrogen-bond donors (Lipinski definition) is 2. The second kappa shape index (κ2) is 10.9. The molecule has 0 aliphatic rings. The molecule has 2 N–H and O–H groups in total. The summed E-state index contributed by atoms with van der Waals surface area (Å²) in [5, 5.41) is 12.6. The molecule has 0 aliphatic heterocycles. The van der Waals surface area contributed by atoms with Crippen molar-refractivity contribution in [2.45, 2.75) is 32.6 Å². The molecule has 2 amide bonds. The second-order valence-electron chi connectivity index (χ2n) is 6.23. The normalized spacial score (nSPS) is 10.6. The van der Waals surface area contributed by atoms with Gasteiger partial charge in [0.2, 0.25) is 0 Å². The third-order valence-corrected chi connectivity index (χ3v) is 5.49. The first kappa shape index (κ1) is 21.3. The number of nitrogens with one attached hydrogen (secondary N) is 1. The van der Waals surface area contributed by atoms with Crippen LogP contribution in [0, 0.1) is 0 Å². The highest BCUT2D eigenvalue weighted by Crippen LogP contribution is 2.18. The summed E-state index contributed by atoms with van der Waals surface area (Å²) in [5.41, 5.74) is 1.16. The zero-order chi connectivity index (χ0) is 19.6. The van der Waals surface area contributed by atoms with E-state index in [0.717, 1.165) is 41.1 Å². The van der Waals surface area contributed by atoms with Crippen LogP contribution in [-0.4, -0.2) is 41.6 Å². The number of urea groups is 1. The Morgan fingerprint density at radius 2 is 1.89 bits per heavy atom. The Kier molecular flexibility index (Phi) is 8.61. The van der Waals surface area contributed by atoms with Gasteiger partial charge in [0.1, 0.15) is 4.88 Å². The quantitative estimate of drug-likeness (QED) is 0.598. The van der Waals surface area contributed by atoms with E-state index in [4.69, 9.17) is 16.7 Å². The Morgan fingerprint density at radius 1 is 1.15 bits per heavy atom. The van der Waals surface area contributed by atoms with Crippen LogP contribution in [0.15, 0.2) is 36.4 Å². The maximum Gasteiger partial charge on any atom is 0.345 e. The van der Waals surface area contributed by atoms with Gasteiger partial charge in [0.05, 0.1) is 0 Å². The van der Waals surface area contributed by atoms with E-state index in [1.807, 2.05) is 42.2 Å². The molecule has 1 heterocycles. The molecule has 0 saturated carbocycles. The van der Waals surface area contributed by atoms with Crippen LogP contribution in [0.2, 0.25) is 5.02 Å². The van der Waals surface area contributed by atoms with Crippen molar-refractivity contribution in [2.24, 2.45) is 0 Å². The number of aryl methyl sites for hydroxylation is 2. The zero-order valence-electron chi connectivity index (χ0n) is 15.4. The average Bonchev–Trinajstić information content (AvgIpc) is 3.10. The first-order chi connectivity index (χ1) is 13.0. The summed E-state index contributed by atoms with van der Waals surface area (Å²) in [4.78, 5) is 26.5. The zero-order valence-corrected chi connectivity index (χ0v) is 17.0. The number of amides is 2. The fraction of sp³-hybridized carbons (Fsp3) is 0.400. The molecule has 5 nitrogen and oxygen atoms in total. The van der Waals surface area contributed by atoms with Gasteiger partial charge >= 0.3 is 12.0 Å². The van der Waals surface area contributed by atoms with Gasteiger partial charge in [-0.1, -0.05) is 23.7 Å². The molecule has 0 atom stereocenters. The SMILES string of the molecule is CCNC(=O)N(CCCc1cccc(Cl)c1)CCCc1ccc(C(=O)O)s1. The summed E-state index contributed by atoms with van der Waals surface area (Å²) in [7, 11) is 0. The van der Waals surface area contributed by atoms with Gasteiger partial charge in [-0.3, -0.25) is 0 Å². The number of carbonyl (C=O) groups excluding carboxylic acids is 1. The molecule has 27 heavy (non-hydrogen) atoms. The molecule has 1 aromatic heterocycles. The van der Waals surface area contributed by atoms with Gasteiger partial charge in [-0.2, -0.15) is 0 Å². The summed E-state index contributed by atoms with van der Waals surface area (Å²) in [6.07, 6.45) is 3.29. The number of nitrogens with zero attached hydrogens (tertiary/aromatic N) is 1. The van der Waals surface area contributed by atoms with Crippen LogP contribution in [0.5, 0.6) is 0 Å². The van der Waals surface area contributed by atoms with Gasteiger partial charge < -0.3 is 15.3 Å². The van der Waals surface area contributed by atoms with Gasteiger partial charge in [0.25, 0.3) is 0 Å². The third-order valence-electron chi connectivity index (χ3n) is 4.12. The number of thiophene rings is 1. The van der Waals surface area contributed by atoms with Crippen molar-refractivity contribution in [3.63, 3.8) is 0 Å². The van der Waals surface area contributed by atoms with Crippen molar-refractivity contribution in [3.8, 4) is 0 Å². The molecule has 2 aromatic rings. The van der Waals surface area contributed by atoms with Gasteiger partial charge in [-0.05, 0) is 62.4 Å². The number of halogens is 1. The summed E-state index contributed by atoms with van der Waals surface area (Å²) >= 11 is 7.31. The molecule has 0 spiro atoms. The molecule has 7 heteroatoms. The third kappa shape index (κ3) is 7.23. The highest BCUT2D eigenvalue weighted by molar-refractivity contribution is 7.13. The van der Waals surface area contributed by atoms with Crippen molar-refractivity contribution >= 4 is 34.9 Å². The number of rotatable bonds is 10. The first-order valence-electron chi connectivity index (χ1n) is 9.08. The highest BCUT2D eigenvalue weighted by Gasteiger charge is 2.13. The predicted molar refractivity (Wildman–Crippen MR) is 110 cm³/mol. The van der Waals surface area contributed by atoms with E-state index in [-0.39, 0.29) is 6.03 Å². The number of benzene rings is 1. The fourth-order valence-corrected chi connectivity index (χ4v) is 3.92. The molecular weight excluding hydrogens is 384 g/mol. The summed E-state index contributed by atoms with van der Waals surface area (Å²) in [6.45, 7) is 3.81. The van der Waals surface area contributed by atoms with E-state index in [2.05, 4.69) is 5.32 Å². The number of hydrogen-bond acceptors (Lipinski definition) is 3. The van der Waals surface area contributed by atoms with E-state index in [1.54, 1.807) is 6.07 Å². The van der Waals surface area contributed by atoms with Crippen molar-refractivity contribution in [2.75, 3.05) is 19.6 Å². The topological polar surface area (TPSA) is 69.6 Å². The van der Waals surface area contributed by atoms with Crippen molar-refractivity contribution < 1.29 is 14.7 Å². The lowest BCUT2D eigenvalue weighted by atomic mass is 10.1. The van der Waals surface area contributed by atoms with Crippen LogP contribution >= 0.6 is 22.9 Å². The molecule has 1 aromatic carbocycles. The summed E-state index contributed by atoms with van der Waals surface area (Å²) in [6, 6.07) is 11.2. The van der Waals surface area contributed by atoms with Crippen molar-refractivity contribution in [1.29, 1.82) is 0 Å². The lowest BCUT2D eigenvalue weighted by Crippen LogP contribution is -2.41. The van der Waals surface area contributed by atoms with Gasteiger partial charge in [-0.25, -0.2) is 9.59 Å². The Morgan fingerprint density at radius 3 is 2.52 bits per heavy atom. The van der Waals surface area contributed by atoms with Crippen molar-refractivity contribution in [3.05, 3.63) is 56.7 Å². The Balaban J connectivity index is 1.83. The van der Waals surface area contributed by atoms with Crippen LogP contribution in [-0.2, 0) is 12.8 Å². The van der Waals surface area contributed by atoms with E-state index in [9.17, 15) is 9.59 Å². The lowest BCUT2D eigenvalue weighted by molar-refractivity contribution is 0.0702. The van der Waals surface area contributed by atoms with Crippen LogP contribution < -0.4 is 5.32 Å². The van der Waals surface area contributed by atoms with Gasteiger partial charge in [-0.15, -0.1) is 11.3 Å². The number of carbonyl (C=O) groups is 2. The Labute approximate surface area is 169 Å². The van der Waals surface area contributed by atoms with Gasteiger partial charge in [0, 0.05) is 29.5 Å². The summed E-state index contributed by atoms with van der Waals surface area (Å²) < 4.78 is 0. The van der Waals surface area contributed by atoms with Crippen LogP contribution in [0.3, 0.4) is 0 Å². The molecular formula is C20H25ClN2O3S. The molecule has 0 fully saturated rings. The smallest absolute Gasteiger partial charge is 0.345 e. The summed E-state index contributed by atoms with van der Waals surface area (Å²) in [5.74, 6) is -0.892. The first-order valence-corrected chi connectivity index (χ1v) is 10.3. The fourth-order valence-electron chi connectivity index (χ4n) is 2.82. The van der Waals surface area contributed by atoms with E-state index in [1.165, 1.54) is 11.3 Å². The lowest BCUT2D eigenvalue weighted by Gasteiger charge is -2.23. The molecule has 0 aliphatic carbocycles. The Bertz CT molecular complexity index is 763. The molecule has 0 radical (unpaired) electrons. The van der Waals surface area contributed by atoms with E-state index >= 15 is 0 Å². The van der Waals surface area contributed by atoms with Crippen LogP contribution in [0.4, 0.5) is 4.79 Å². The minimum atomic E-state index is -0.892. The van der Waals surface area contributed by atoms with Crippen molar-refractivity contribution in [1.82, 2.24) is 10.2 Å². The molecule has 0 saturated heterocycles.